The number of benzene rings is 1. The van der Waals surface area contributed by atoms with Crippen LogP contribution >= 0.6 is 0 Å². The van der Waals surface area contributed by atoms with Crippen molar-refractivity contribution in [1.29, 1.82) is 0 Å². The minimum atomic E-state index is -4.35. The number of nitrogens with zero attached hydrogens (tertiary/aromatic N) is 1. The van der Waals surface area contributed by atoms with Crippen LogP contribution in [0.3, 0.4) is 0 Å². The van der Waals surface area contributed by atoms with E-state index in [9.17, 15) is 18.0 Å². The van der Waals surface area contributed by atoms with Gasteiger partial charge in [0.25, 0.3) is 0 Å². The molecule has 0 bridgehead atoms. The van der Waals surface area contributed by atoms with E-state index in [2.05, 4.69) is 15.5 Å². The van der Waals surface area contributed by atoms with Gasteiger partial charge in [-0.05, 0) is 38.0 Å². The van der Waals surface area contributed by atoms with Crippen LogP contribution in [0.25, 0.3) is 0 Å². The van der Waals surface area contributed by atoms with Crippen molar-refractivity contribution in [3.63, 3.8) is 0 Å². The van der Waals surface area contributed by atoms with Gasteiger partial charge in [0.2, 0.25) is 5.91 Å². The summed E-state index contributed by atoms with van der Waals surface area (Å²) in [6.45, 7) is 5.31. The molecule has 0 spiro atoms. The van der Waals surface area contributed by atoms with Crippen molar-refractivity contribution in [1.82, 2.24) is 10.2 Å². The summed E-state index contributed by atoms with van der Waals surface area (Å²) in [5, 5.41) is 9.58. The summed E-state index contributed by atoms with van der Waals surface area (Å²) in [5.41, 5.74) is 2.09. The molecule has 124 valence electrons. The number of aryl methyl sites for hydroxylation is 2. The monoisotopic (exact) mass is 325 g/mol. The molecule has 1 aromatic heterocycles. The first kappa shape index (κ1) is 17.1. The van der Waals surface area contributed by atoms with Gasteiger partial charge in [-0.3, -0.25) is 9.89 Å². The number of hydrogen-bond acceptors (Lipinski definition) is 2. The summed E-state index contributed by atoms with van der Waals surface area (Å²) in [6, 6.07) is 4.87. The highest BCUT2D eigenvalue weighted by atomic mass is 19.4. The molecule has 0 saturated heterocycles. The molecule has 1 heterocycles. The molecule has 0 saturated carbocycles. The Kier molecular flexibility index (Phi) is 4.77. The van der Waals surface area contributed by atoms with E-state index in [1.807, 2.05) is 0 Å². The third-order valence-corrected chi connectivity index (χ3v) is 3.65. The molecule has 1 aromatic carbocycles. The number of carbonyl (C=O) groups excluding carboxylic acids is 1. The lowest BCUT2D eigenvalue weighted by molar-refractivity contribution is -0.137. The molecule has 1 amide bonds. The number of rotatable bonds is 4. The van der Waals surface area contributed by atoms with E-state index in [0.29, 0.717) is 23.4 Å². The number of aromatic amines is 1. The van der Waals surface area contributed by atoms with Crippen LogP contribution in [0.4, 0.5) is 18.9 Å². The molecular formula is C16H18F3N3O. The number of nitrogens with one attached hydrogen (secondary N) is 2. The first-order chi connectivity index (χ1) is 10.7. The van der Waals surface area contributed by atoms with Gasteiger partial charge < -0.3 is 5.32 Å². The number of carbonyl (C=O) groups is 1. The lowest BCUT2D eigenvalue weighted by atomic mass is 9.99. The number of halogens is 3. The second kappa shape index (κ2) is 6.44. The van der Waals surface area contributed by atoms with Crippen molar-refractivity contribution < 1.29 is 18.0 Å². The normalized spacial score (nSPS) is 13.0. The van der Waals surface area contributed by atoms with Gasteiger partial charge in [-0.2, -0.15) is 18.3 Å². The maximum atomic E-state index is 12.5. The van der Waals surface area contributed by atoms with Gasteiger partial charge in [0.1, 0.15) is 0 Å². The van der Waals surface area contributed by atoms with E-state index in [1.165, 1.54) is 12.1 Å². The number of hydrogen-bond donors (Lipinski definition) is 2. The van der Waals surface area contributed by atoms with Gasteiger partial charge in [0.15, 0.2) is 0 Å². The van der Waals surface area contributed by atoms with Crippen molar-refractivity contribution >= 4 is 11.6 Å². The fourth-order valence-corrected chi connectivity index (χ4v) is 2.26. The average Bonchev–Trinajstić information content (AvgIpc) is 2.78. The molecular weight excluding hydrogens is 307 g/mol. The molecule has 2 N–H and O–H groups in total. The summed E-state index contributed by atoms with van der Waals surface area (Å²) in [7, 11) is 0. The Hall–Kier alpha value is -2.31. The van der Waals surface area contributed by atoms with Gasteiger partial charge in [0, 0.05) is 5.92 Å². The van der Waals surface area contributed by atoms with Gasteiger partial charge in [-0.25, -0.2) is 0 Å². The molecule has 0 radical (unpaired) electrons. The molecule has 2 aromatic rings. The van der Waals surface area contributed by atoms with Crippen molar-refractivity contribution in [3.8, 4) is 0 Å². The second-order valence-corrected chi connectivity index (χ2v) is 5.60. The molecule has 0 aliphatic carbocycles. The number of H-pyrrole nitrogens is 1. The number of aromatic nitrogens is 2. The molecule has 0 unspecified atom stereocenters. The Morgan fingerprint density at radius 2 is 1.87 bits per heavy atom. The van der Waals surface area contributed by atoms with Crippen molar-refractivity contribution in [2.45, 2.75) is 33.4 Å². The van der Waals surface area contributed by atoms with Gasteiger partial charge in [-0.15, -0.1) is 0 Å². The minimum Gasteiger partial charge on any atom is -0.323 e. The Bertz CT molecular complexity index is 670. The fraction of sp³-hybridized carbons (Fsp3) is 0.375. The summed E-state index contributed by atoms with van der Waals surface area (Å²) >= 11 is 0. The second-order valence-electron chi connectivity index (χ2n) is 5.60. The minimum absolute atomic E-state index is 0.197. The lowest BCUT2D eigenvalue weighted by Gasteiger charge is -2.13. The lowest BCUT2D eigenvalue weighted by Crippen LogP contribution is -2.22. The third-order valence-electron chi connectivity index (χ3n) is 3.65. The summed E-state index contributed by atoms with van der Waals surface area (Å²) in [6.07, 6.45) is -3.99. The number of alkyl halides is 3. The van der Waals surface area contributed by atoms with Crippen LogP contribution in [0, 0.1) is 19.8 Å². The van der Waals surface area contributed by atoms with E-state index in [1.54, 1.807) is 20.8 Å². The SMILES string of the molecule is Cc1n[nH]c(C)c1NC(=O)[C@@H](C)Cc1ccc(C(F)(F)F)cc1. The van der Waals surface area contributed by atoms with Crippen molar-refractivity contribution in [2.24, 2.45) is 5.92 Å². The quantitative estimate of drug-likeness (QED) is 0.897. The highest BCUT2D eigenvalue weighted by Gasteiger charge is 2.30. The number of anilines is 1. The first-order valence-electron chi connectivity index (χ1n) is 7.17. The van der Waals surface area contributed by atoms with E-state index >= 15 is 0 Å². The van der Waals surface area contributed by atoms with Crippen LogP contribution in [0.5, 0.6) is 0 Å². The van der Waals surface area contributed by atoms with E-state index in [-0.39, 0.29) is 11.8 Å². The smallest absolute Gasteiger partial charge is 0.323 e. The Morgan fingerprint density at radius 3 is 2.35 bits per heavy atom. The average molecular weight is 325 g/mol. The van der Waals surface area contributed by atoms with Crippen LogP contribution in [-0.2, 0) is 17.4 Å². The number of amides is 1. The molecule has 23 heavy (non-hydrogen) atoms. The predicted molar refractivity (Wildman–Crippen MR) is 81.0 cm³/mol. The summed E-state index contributed by atoms with van der Waals surface area (Å²) < 4.78 is 37.6. The van der Waals surface area contributed by atoms with Crippen LogP contribution < -0.4 is 5.32 Å². The molecule has 1 atom stereocenters. The standard InChI is InChI=1S/C16H18F3N3O/c1-9(15(23)20-14-10(2)21-22-11(14)3)8-12-4-6-13(7-5-12)16(17,18)19/h4-7,9H,8H2,1-3H3,(H,20,23)(H,21,22)/t9-/m0/s1. The molecule has 0 fully saturated rings. The zero-order valence-corrected chi connectivity index (χ0v) is 13.1. The van der Waals surface area contributed by atoms with E-state index in [4.69, 9.17) is 0 Å². The maximum absolute atomic E-state index is 12.5. The summed E-state index contributed by atoms with van der Waals surface area (Å²) in [4.78, 5) is 12.2. The third kappa shape index (κ3) is 4.12. The maximum Gasteiger partial charge on any atom is 0.416 e. The van der Waals surface area contributed by atoms with Gasteiger partial charge in [0.05, 0.1) is 22.6 Å². The Balaban J connectivity index is 2.01. The predicted octanol–water partition coefficient (Wildman–Crippen LogP) is 3.86. The molecule has 0 aliphatic rings. The summed E-state index contributed by atoms with van der Waals surface area (Å²) in [5.74, 6) is -0.571. The molecule has 2 rings (SSSR count). The van der Waals surface area contributed by atoms with Gasteiger partial charge in [-0.1, -0.05) is 19.1 Å². The van der Waals surface area contributed by atoms with Crippen LogP contribution in [0.2, 0.25) is 0 Å². The molecule has 4 nitrogen and oxygen atoms in total. The highest BCUT2D eigenvalue weighted by Crippen LogP contribution is 2.29. The Morgan fingerprint density at radius 1 is 1.26 bits per heavy atom. The van der Waals surface area contributed by atoms with Crippen LogP contribution in [-0.4, -0.2) is 16.1 Å². The zero-order valence-electron chi connectivity index (χ0n) is 13.1. The van der Waals surface area contributed by atoms with E-state index in [0.717, 1.165) is 17.8 Å². The fourth-order valence-electron chi connectivity index (χ4n) is 2.26. The molecule has 7 heteroatoms. The van der Waals surface area contributed by atoms with Crippen molar-refractivity contribution in [3.05, 3.63) is 46.8 Å². The Labute approximate surface area is 132 Å². The first-order valence-corrected chi connectivity index (χ1v) is 7.17. The van der Waals surface area contributed by atoms with Gasteiger partial charge >= 0.3 is 6.18 Å². The zero-order chi connectivity index (χ0) is 17.2. The van der Waals surface area contributed by atoms with Crippen LogP contribution in [0.15, 0.2) is 24.3 Å². The highest BCUT2D eigenvalue weighted by molar-refractivity contribution is 5.93. The molecule has 0 aliphatic heterocycles. The van der Waals surface area contributed by atoms with Crippen molar-refractivity contribution in [2.75, 3.05) is 5.32 Å². The largest absolute Gasteiger partial charge is 0.416 e. The topological polar surface area (TPSA) is 57.8 Å². The van der Waals surface area contributed by atoms with E-state index < -0.39 is 11.7 Å². The van der Waals surface area contributed by atoms with Crippen LogP contribution in [0.1, 0.15) is 29.4 Å².